The molecule has 2 aromatic rings. The lowest BCUT2D eigenvalue weighted by Crippen LogP contribution is -2.16. The summed E-state index contributed by atoms with van der Waals surface area (Å²) in [6.07, 6.45) is 4.86. The number of carbonyl (C=O) groups is 1. The van der Waals surface area contributed by atoms with E-state index in [1.54, 1.807) is 19.9 Å². The Morgan fingerprint density at radius 2 is 2.04 bits per heavy atom. The van der Waals surface area contributed by atoms with E-state index in [0.717, 1.165) is 0 Å². The molecule has 0 aliphatic heterocycles. The van der Waals surface area contributed by atoms with Gasteiger partial charge >= 0.3 is 19.3 Å². The van der Waals surface area contributed by atoms with Crippen LogP contribution in [0.5, 0.6) is 0 Å². The van der Waals surface area contributed by atoms with E-state index < -0.39 is 19.3 Å². The molecule has 0 saturated heterocycles. The van der Waals surface area contributed by atoms with Crippen LogP contribution in [0.3, 0.4) is 0 Å². The fourth-order valence-corrected chi connectivity index (χ4v) is 4.12. The Hall–Kier alpha value is -2.22. The second-order valence-corrected chi connectivity index (χ2v) is 7.68. The van der Waals surface area contributed by atoms with Crippen LogP contribution in [0.15, 0.2) is 27.6 Å². The smallest absolute Gasteiger partial charge is 0.421 e. The van der Waals surface area contributed by atoms with Crippen molar-refractivity contribution in [1.82, 2.24) is 9.55 Å². The van der Waals surface area contributed by atoms with E-state index in [1.807, 2.05) is 0 Å². The number of fused-ring (bicyclic) bond motifs is 1. The molecule has 0 unspecified atom stereocenters. The summed E-state index contributed by atoms with van der Waals surface area (Å²) in [6.45, 7) is 4.33. The van der Waals surface area contributed by atoms with Crippen molar-refractivity contribution < 1.29 is 27.6 Å². The minimum absolute atomic E-state index is 0.188. The van der Waals surface area contributed by atoms with Gasteiger partial charge in [0.05, 0.1) is 26.5 Å². The van der Waals surface area contributed by atoms with Gasteiger partial charge in [-0.3, -0.25) is 9.13 Å². The molecule has 0 aliphatic rings. The van der Waals surface area contributed by atoms with Crippen LogP contribution in [-0.2, 0) is 29.7 Å². The Balaban J connectivity index is 2.14. The quantitative estimate of drug-likeness (QED) is 0.341. The summed E-state index contributed by atoms with van der Waals surface area (Å²) in [5, 5.41) is 0. The topological polar surface area (TPSA) is 110 Å². The van der Waals surface area contributed by atoms with E-state index in [2.05, 4.69) is 9.72 Å². The third-order valence-electron chi connectivity index (χ3n) is 3.61. The number of aromatic nitrogens is 2. The Kier molecular flexibility index (Phi) is 7.53. The van der Waals surface area contributed by atoms with Crippen molar-refractivity contribution in [2.24, 2.45) is 0 Å². The number of aryl methyl sites for hydroxylation is 1. The average molecular weight is 398 g/mol. The van der Waals surface area contributed by atoms with Crippen molar-refractivity contribution in [2.45, 2.75) is 26.8 Å². The fraction of sp³-hybridized carbons (Fsp3) is 0.471. The number of esters is 1. The molecule has 0 fully saturated rings. The molecule has 0 aromatic carbocycles. The lowest BCUT2D eigenvalue weighted by molar-refractivity contribution is -0.134. The van der Waals surface area contributed by atoms with E-state index in [4.69, 9.17) is 13.5 Å². The minimum Gasteiger partial charge on any atom is -0.466 e. The molecule has 148 valence electrons. The summed E-state index contributed by atoms with van der Waals surface area (Å²) >= 11 is 0. The zero-order valence-electron chi connectivity index (χ0n) is 15.5. The number of ether oxygens (including phenoxy) is 1. The van der Waals surface area contributed by atoms with Gasteiger partial charge in [0.2, 0.25) is 0 Å². The first-order valence-corrected chi connectivity index (χ1v) is 10.3. The number of rotatable bonds is 10. The first-order valence-electron chi connectivity index (χ1n) is 8.56. The van der Waals surface area contributed by atoms with Crippen LogP contribution in [0, 0.1) is 0 Å². The molecule has 0 radical (unpaired) electrons. The molecule has 27 heavy (non-hydrogen) atoms. The Bertz CT molecular complexity index is 906. The van der Waals surface area contributed by atoms with E-state index in [-0.39, 0.29) is 25.9 Å². The summed E-state index contributed by atoms with van der Waals surface area (Å²) in [5.74, 6) is -1.06. The summed E-state index contributed by atoms with van der Waals surface area (Å²) in [7, 11) is -1.88. The second kappa shape index (κ2) is 9.64. The average Bonchev–Trinajstić information content (AvgIpc) is 2.94. The van der Waals surface area contributed by atoms with Gasteiger partial charge in [-0.15, -0.1) is 0 Å². The van der Waals surface area contributed by atoms with Crippen LogP contribution in [-0.4, -0.2) is 42.0 Å². The maximum atomic E-state index is 12.5. The Morgan fingerprint density at radius 1 is 1.33 bits per heavy atom. The van der Waals surface area contributed by atoms with Crippen LogP contribution in [0.2, 0.25) is 0 Å². The summed E-state index contributed by atoms with van der Waals surface area (Å²) in [4.78, 5) is 27.5. The molecule has 9 nitrogen and oxygen atoms in total. The molecule has 0 bridgehead atoms. The monoisotopic (exact) mass is 398 g/mol. The van der Waals surface area contributed by atoms with Crippen LogP contribution in [0.25, 0.3) is 17.3 Å². The highest BCUT2D eigenvalue weighted by Crippen LogP contribution is 2.48. The molecule has 0 spiro atoms. The number of hydrogen-bond donors (Lipinski definition) is 0. The van der Waals surface area contributed by atoms with Crippen molar-refractivity contribution in [2.75, 3.05) is 26.5 Å². The predicted molar refractivity (Wildman–Crippen MR) is 99.7 cm³/mol. The molecule has 0 amide bonds. The SMILES string of the molecule is CCOP(=O)(CCCn1c(=O)oc2cc(/C=C/C(=O)OC)cnc21)OCC. The third-order valence-corrected chi connectivity index (χ3v) is 5.77. The van der Waals surface area contributed by atoms with Gasteiger partial charge in [-0.25, -0.2) is 14.6 Å². The summed E-state index contributed by atoms with van der Waals surface area (Å²) in [6, 6.07) is 1.60. The molecule has 2 rings (SSSR count). The normalized spacial score (nSPS) is 12.1. The van der Waals surface area contributed by atoms with E-state index in [1.165, 1.54) is 30.0 Å². The van der Waals surface area contributed by atoms with E-state index in [9.17, 15) is 14.2 Å². The van der Waals surface area contributed by atoms with Gasteiger partial charge in [0.15, 0.2) is 11.2 Å². The number of oxazole rings is 1. The summed E-state index contributed by atoms with van der Waals surface area (Å²) < 4.78 is 34.1. The third kappa shape index (κ3) is 5.63. The molecule has 2 heterocycles. The van der Waals surface area contributed by atoms with Gasteiger partial charge < -0.3 is 18.2 Å². The minimum atomic E-state index is -3.16. The highest BCUT2D eigenvalue weighted by atomic mass is 31.2. The number of hydrogen-bond acceptors (Lipinski definition) is 8. The van der Waals surface area contributed by atoms with Crippen LogP contribution in [0.4, 0.5) is 0 Å². The zero-order valence-corrected chi connectivity index (χ0v) is 16.4. The molecule has 0 aliphatic carbocycles. The van der Waals surface area contributed by atoms with Crippen molar-refractivity contribution in [1.29, 1.82) is 0 Å². The van der Waals surface area contributed by atoms with Gasteiger partial charge in [-0.1, -0.05) is 0 Å². The van der Waals surface area contributed by atoms with Crippen molar-refractivity contribution in [3.05, 3.63) is 34.5 Å². The van der Waals surface area contributed by atoms with Crippen molar-refractivity contribution in [3.63, 3.8) is 0 Å². The maximum absolute atomic E-state index is 12.5. The lowest BCUT2D eigenvalue weighted by atomic mass is 10.2. The molecule has 0 saturated carbocycles. The number of pyridine rings is 1. The largest absolute Gasteiger partial charge is 0.466 e. The highest BCUT2D eigenvalue weighted by molar-refractivity contribution is 7.53. The second-order valence-electron chi connectivity index (χ2n) is 5.49. The number of nitrogens with zero attached hydrogens (tertiary/aromatic N) is 2. The standard InChI is InChI=1S/C17H23N2O7P/c1-4-24-27(22,25-5-2)10-6-9-19-16-14(26-17(19)21)11-13(12-18-16)7-8-15(20)23-3/h7-8,11-12H,4-6,9-10H2,1-3H3/b8-7+. The van der Waals surface area contributed by atoms with Crippen LogP contribution in [0.1, 0.15) is 25.8 Å². The Morgan fingerprint density at radius 3 is 2.67 bits per heavy atom. The van der Waals surface area contributed by atoms with Crippen LogP contribution >= 0.6 is 7.60 Å². The lowest BCUT2D eigenvalue weighted by Gasteiger charge is -2.16. The number of carbonyl (C=O) groups excluding carboxylic acids is 1. The molecule has 2 aromatic heterocycles. The van der Waals surface area contributed by atoms with Gasteiger partial charge in [0, 0.05) is 18.8 Å². The van der Waals surface area contributed by atoms with Gasteiger partial charge in [0.25, 0.3) is 0 Å². The first-order chi connectivity index (χ1) is 12.9. The zero-order chi connectivity index (χ0) is 19.9. The van der Waals surface area contributed by atoms with E-state index >= 15 is 0 Å². The maximum Gasteiger partial charge on any atom is 0.421 e. The molecule has 10 heteroatoms. The Labute approximate surface area is 156 Å². The number of methoxy groups -OCH3 is 1. The molecular formula is C17H23N2O7P. The predicted octanol–water partition coefficient (Wildman–Crippen LogP) is 2.83. The highest BCUT2D eigenvalue weighted by Gasteiger charge is 2.23. The van der Waals surface area contributed by atoms with Crippen LogP contribution < -0.4 is 5.76 Å². The first kappa shape index (κ1) is 21.1. The molecule has 0 atom stereocenters. The van der Waals surface area contributed by atoms with Gasteiger partial charge in [0.1, 0.15) is 0 Å². The summed E-state index contributed by atoms with van der Waals surface area (Å²) in [5.41, 5.74) is 1.26. The van der Waals surface area contributed by atoms with Gasteiger partial charge in [-0.2, -0.15) is 0 Å². The van der Waals surface area contributed by atoms with Crippen molar-refractivity contribution in [3.8, 4) is 0 Å². The fourth-order valence-electron chi connectivity index (χ4n) is 2.47. The molecule has 0 N–H and O–H groups in total. The van der Waals surface area contributed by atoms with E-state index in [0.29, 0.717) is 23.2 Å². The van der Waals surface area contributed by atoms with Gasteiger partial charge in [-0.05, 0) is 38.0 Å². The van der Waals surface area contributed by atoms with Crippen molar-refractivity contribution >= 4 is 30.9 Å². The molecular weight excluding hydrogens is 375 g/mol.